The Balaban J connectivity index is 2.75. The SMILES string of the molecule is C=CC(F)(F)Oc1ccc(F)cc1. The predicted molar refractivity (Wildman–Crippen MR) is 42.2 cm³/mol. The van der Waals surface area contributed by atoms with Gasteiger partial charge in [-0.25, -0.2) is 4.39 Å². The molecule has 0 heterocycles. The van der Waals surface area contributed by atoms with Gasteiger partial charge in [-0.2, -0.15) is 8.78 Å². The fourth-order valence-electron chi connectivity index (χ4n) is 0.701. The molecule has 0 saturated heterocycles. The lowest BCUT2D eigenvalue weighted by atomic mass is 10.3. The minimum atomic E-state index is -3.42. The van der Waals surface area contributed by atoms with Crippen LogP contribution in [0.2, 0.25) is 0 Å². The van der Waals surface area contributed by atoms with Crippen LogP contribution in [-0.2, 0) is 0 Å². The lowest BCUT2D eigenvalue weighted by Gasteiger charge is -2.13. The summed E-state index contributed by atoms with van der Waals surface area (Å²) in [5, 5.41) is 0. The third kappa shape index (κ3) is 2.82. The number of benzene rings is 1. The first-order valence-electron chi connectivity index (χ1n) is 3.49. The number of halogens is 3. The summed E-state index contributed by atoms with van der Waals surface area (Å²) in [4.78, 5) is 0. The highest BCUT2D eigenvalue weighted by atomic mass is 19.3. The van der Waals surface area contributed by atoms with E-state index in [0.717, 1.165) is 24.3 Å². The summed E-state index contributed by atoms with van der Waals surface area (Å²) in [7, 11) is 0. The Bertz CT molecular complexity index is 292. The van der Waals surface area contributed by atoms with E-state index in [4.69, 9.17) is 0 Å². The van der Waals surface area contributed by atoms with E-state index in [1.807, 2.05) is 0 Å². The Morgan fingerprint density at radius 1 is 1.23 bits per heavy atom. The normalized spacial score (nSPS) is 11.0. The van der Waals surface area contributed by atoms with Crippen molar-refractivity contribution in [2.24, 2.45) is 0 Å². The molecule has 4 heteroatoms. The molecule has 70 valence electrons. The van der Waals surface area contributed by atoms with Crippen molar-refractivity contribution in [3.8, 4) is 5.75 Å². The van der Waals surface area contributed by atoms with E-state index in [9.17, 15) is 13.2 Å². The van der Waals surface area contributed by atoms with Gasteiger partial charge < -0.3 is 4.74 Å². The maximum Gasteiger partial charge on any atom is 0.419 e. The van der Waals surface area contributed by atoms with Crippen LogP contribution >= 0.6 is 0 Å². The van der Waals surface area contributed by atoms with Gasteiger partial charge >= 0.3 is 6.11 Å². The molecule has 0 aliphatic heterocycles. The third-order valence-corrected chi connectivity index (χ3v) is 1.31. The van der Waals surface area contributed by atoms with Crippen LogP contribution in [-0.4, -0.2) is 6.11 Å². The molecule has 0 aliphatic carbocycles. The number of ether oxygens (including phenoxy) is 1. The third-order valence-electron chi connectivity index (χ3n) is 1.31. The monoisotopic (exact) mass is 188 g/mol. The van der Waals surface area contributed by atoms with E-state index < -0.39 is 11.9 Å². The molecule has 0 N–H and O–H groups in total. The number of hydrogen-bond acceptors (Lipinski definition) is 1. The molecule has 0 atom stereocenters. The molecule has 0 unspecified atom stereocenters. The summed E-state index contributed by atoms with van der Waals surface area (Å²) >= 11 is 0. The second-order valence-electron chi connectivity index (χ2n) is 2.32. The molecule has 13 heavy (non-hydrogen) atoms. The molecule has 1 aromatic carbocycles. The molecule has 1 aromatic rings. The van der Waals surface area contributed by atoms with Crippen LogP contribution in [0, 0.1) is 5.82 Å². The smallest absolute Gasteiger partial charge is 0.419 e. The second kappa shape index (κ2) is 3.51. The van der Waals surface area contributed by atoms with E-state index in [2.05, 4.69) is 11.3 Å². The van der Waals surface area contributed by atoms with E-state index in [-0.39, 0.29) is 5.75 Å². The molecular weight excluding hydrogens is 181 g/mol. The fraction of sp³-hybridized carbons (Fsp3) is 0.111. The van der Waals surface area contributed by atoms with Gasteiger partial charge in [0.15, 0.2) is 0 Å². The van der Waals surface area contributed by atoms with Crippen LogP contribution < -0.4 is 4.74 Å². The van der Waals surface area contributed by atoms with Gasteiger partial charge in [-0.05, 0) is 24.3 Å². The van der Waals surface area contributed by atoms with Crippen molar-refractivity contribution in [3.05, 3.63) is 42.7 Å². The van der Waals surface area contributed by atoms with Crippen LogP contribution in [0.1, 0.15) is 0 Å². The Morgan fingerprint density at radius 3 is 2.23 bits per heavy atom. The molecule has 0 aromatic heterocycles. The van der Waals surface area contributed by atoms with Crippen molar-refractivity contribution in [1.29, 1.82) is 0 Å². The summed E-state index contributed by atoms with van der Waals surface area (Å²) in [5.41, 5.74) is 0. The average molecular weight is 188 g/mol. The van der Waals surface area contributed by atoms with E-state index in [0.29, 0.717) is 6.08 Å². The van der Waals surface area contributed by atoms with E-state index in [1.165, 1.54) is 0 Å². The molecule has 0 amide bonds. The van der Waals surface area contributed by atoms with Crippen molar-refractivity contribution >= 4 is 0 Å². The topological polar surface area (TPSA) is 9.23 Å². The van der Waals surface area contributed by atoms with Crippen molar-refractivity contribution in [3.63, 3.8) is 0 Å². The Labute approximate surface area is 73.4 Å². The first-order chi connectivity index (χ1) is 6.03. The minimum Gasteiger partial charge on any atom is -0.429 e. The Hall–Kier alpha value is -1.45. The largest absolute Gasteiger partial charge is 0.429 e. The van der Waals surface area contributed by atoms with Crippen LogP contribution in [0.5, 0.6) is 5.75 Å². The van der Waals surface area contributed by atoms with Gasteiger partial charge in [0.05, 0.1) is 0 Å². The molecule has 0 bridgehead atoms. The van der Waals surface area contributed by atoms with E-state index >= 15 is 0 Å². The molecule has 0 aliphatic rings. The van der Waals surface area contributed by atoms with Crippen molar-refractivity contribution < 1.29 is 17.9 Å². The quantitative estimate of drug-likeness (QED) is 0.662. The summed E-state index contributed by atoms with van der Waals surface area (Å²) in [6, 6.07) is 4.31. The van der Waals surface area contributed by atoms with Crippen LogP contribution in [0.15, 0.2) is 36.9 Å². The predicted octanol–water partition coefficient (Wildman–Crippen LogP) is 2.98. The zero-order chi connectivity index (χ0) is 9.90. The van der Waals surface area contributed by atoms with E-state index in [1.54, 1.807) is 0 Å². The molecule has 1 rings (SSSR count). The fourth-order valence-corrected chi connectivity index (χ4v) is 0.701. The van der Waals surface area contributed by atoms with Gasteiger partial charge in [0.1, 0.15) is 11.6 Å². The molecule has 0 fully saturated rings. The first kappa shape index (κ1) is 9.64. The highest BCUT2D eigenvalue weighted by Gasteiger charge is 2.26. The Morgan fingerprint density at radius 2 is 1.77 bits per heavy atom. The van der Waals surface area contributed by atoms with Gasteiger partial charge in [0.25, 0.3) is 0 Å². The van der Waals surface area contributed by atoms with Gasteiger partial charge in [-0.15, -0.1) is 0 Å². The molecular formula is C9H7F3O. The van der Waals surface area contributed by atoms with Gasteiger partial charge in [-0.1, -0.05) is 6.58 Å². The number of hydrogen-bond donors (Lipinski definition) is 0. The van der Waals surface area contributed by atoms with Gasteiger partial charge in [-0.3, -0.25) is 0 Å². The molecule has 0 radical (unpaired) electrons. The Kier molecular flexibility index (Phi) is 2.60. The van der Waals surface area contributed by atoms with Crippen LogP contribution in [0.25, 0.3) is 0 Å². The zero-order valence-corrected chi connectivity index (χ0v) is 6.64. The molecule has 1 nitrogen and oxygen atoms in total. The summed E-state index contributed by atoms with van der Waals surface area (Å²) in [6.07, 6.45) is -3.05. The second-order valence-corrected chi connectivity index (χ2v) is 2.32. The standard InChI is InChI=1S/C9H7F3O/c1-2-9(11,12)13-8-5-3-7(10)4-6-8/h2-6H,1H2. The maximum absolute atomic E-state index is 12.5. The maximum atomic E-state index is 12.5. The van der Waals surface area contributed by atoms with Crippen LogP contribution in [0.3, 0.4) is 0 Å². The molecule has 0 saturated carbocycles. The van der Waals surface area contributed by atoms with Gasteiger partial charge in [0.2, 0.25) is 0 Å². The average Bonchev–Trinajstić information content (AvgIpc) is 2.09. The lowest BCUT2D eigenvalue weighted by molar-refractivity contribution is -0.131. The van der Waals surface area contributed by atoms with Crippen molar-refractivity contribution in [1.82, 2.24) is 0 Å². The summed E-state index contributed by atoms with van der Waals surface area (Å²) in [6.45, 7) is 2.90. The summed E-state index contributed by atoms with van der Waals surface area (Å²) < 4.78 is 41.5. The summed E-state index contributed by atoms with van der Waals surface area (Å²) in [5.74, 6) is -0.611. The van der Waals surface area contributed by atoms with Crippen molar-refractivity contribution in [2.45, 2.75) is 6.11 Å². The molecule has 0 spiro atoms. The minimum absolute atomic E-state index is 0.105. The van der Waals surface area contributed by atoms with Gasteiger partial charge in [0, 0.05) is 6.08 Å². The first-order valence-corrected chi connectivity index (χ1v) is 3.49. The highest BCUT2D eigenvalue weighted by Crippen LogP contribution is 2.22. The number of alkyl halides is 2. The number of rotatable bonds is 3. The zero-order valence-electron chi connectivity index (χ0n) is 6.64. The van der Waals surface area contributed by atoms with Crippen molar-refractivity contribution in [2.75, 3.05) is 0 Å². The highest BCUT2D eigenvalue weighted by molar-refractivity contribution is 5.22. The lowest BCUT2D eigenvalue weighted by Crippen LogP contribution is -2.20. The van der Waals surface area contributed by atoms with Crippen LogP contribution in [0.4, 0.5) is 13.2 Å².